The van der Waals surface area contributed by atoms with Crippen LogP contribution in [0.2, 0.25) is 0 Å². The lowest BCUT2D eigenvalue weighted by Crippen LogP contribution is -2.40. The summed E-state index contributed by atoms with van der Waals surface area (Å²) >= 11 is 0.994. The number of hydrogen-bond donors (Lipinski definition) is 0. The van der Waals surface area contributed by atoms with Crippen LogP contribution in [-0.4, -0.2) is 103 Å². The van der Waals surface area contributed by atoms with Crippen molar-refractivity contribution < 1.29 is 84.5 Å². The Balaban J connectivity index is 0.000000285. The maximum Gasteiger partial charge on any atom is 0.416 e. The molecule has 0 unspecified atom stereocenters. The zero-order valence-electron chi connectivity index (χ0n) is 80.3. The number of hydrogen-bond acceptors (Lipinski definition) is 10. The first kappa shape index (κ1) is 41.9. The normalized spacial score (nSPS) is 19.8. The Morgan fingerprint density at radius 1 is 0.547 bits per heavy atom. The number of nitrogens with zero attached hydrogens (tertiary/aromatic N) is 8. The fraction of sp³-hybridized carbons (Fsp3) is 0.370. The maximum absolute atomic E-state index is 15.2. The van der Waals surface area contributed by atoms with Crippen LogP contribution in [0.25, 0.3) is 22.3 Å². The van der Waals surface area contributed by atoms with E-state index in [0.717, 1.165) is 45.6 Å². The number of carbonyl (C=O) groups excluding carboxylic acids is 2. The predicted octanol–water partition coefficient (Wildman–Crippen LogP) is 14.7. The van der Waals surface area contributed by atoms with Gasteiger partial charge in [0.25, 0.3) is 11.1 Å². The van der Waals surface area contributed by atoms with Crippen LogP contribution in [0.4, 0.5) is 35.1 Å². The topological polar surface area (TPSA) is 117 Å². The second-order valence-corrected chi connectivity index (χ2v) is 22.5. The van der Waals surface area contributed by atoms with E-state index < -0.39 is 245 Å². The second-order valence-electron chi connectivity index (χ2n) is 20.6. The minimum absolute atomic E-state index is 0.0110. The number of carbonyl (C=O) groups is 2. The molecule has 0 aliphatic heterocycles. The molecule has 8 aromatic rings. The Hall–Kier alpha value is -7.92. The fourth-order valence-corrected chi connectivity index (χ4v) is 10.9. The molecule has 0 N–H and O–H groups in total. The average Bonchev–Trinajstić information content (AvgIpc) is 1.51. The van der Waals surface area contributed by atoms with Crippen molar-refractivity contribution in [1.82, 2.24) is 38.7 Å². The molecule has 12 nitrogen and oxygen atoms in total. The van der Waals surface area contributed by atoms with Gasteiger partial charge in [-0.25, -0.2) is 8.78 Å². The molecule has 2 heterocycles. The Morgan fingerprint density at radius 3 is 1.59 bits per heavy atom. The van der Waals surface area contributed by atoms with Gasteiger partial charge in [-0.3, -0.25) is 19.2 Å². The molecular weight excluding hydrogens is 1270 g/mol. The van der Waals surface area contributed by atoms with Crippen molar-refractivity contribution in [3.63, 3.8) is 0 Å². The fourth-order valence-electron chi connectivity index (χ4n) is 9.19. The molecule has 0 bridgehead atoms. The summed E-state index contributed by atoms with van der Waals surface area (Å²) in [5.74, 6) is -6.62. The summed E-state index contributed by atoms with van der Waals surface area (Å²) in [6, 6.07) is 2.88. The van der Waals surface area contributed by atoms with E-state index in [1.165, 1.54) is 62.4 Å². The van der Waals surface area contributed by atoms with Gasteiger partial charge in [0.1, 0.15) is 24.6 Å². The maximum atomic E-state index is 15.2. The van der Waals surface area contributed by atoms with Gasteiger partial charge < -0.3 is 28.7 Å². The monoisotopic (exact) mass is 1380 g/mol. The van der Waals surface area contributed by atoms with Crippen LogP contribution in [0.3, 0.4) is 0 Å². The summed E-state index contributed by atoms with van der Waals surface area (Å²) in [5, 5.41) is -1.35. The highest BCUT2D eigenvalue weighted by atomic mass is 32.2. The summed E-state index contributed by atoms with van der Waals surface area (Å²) in [5.41, 5.74) is -10.1. The summed E-state index contributed by atoms with van der Waals surface area (Å²) < 4.78 is 364. The van der Waals surface area contributed by atoms with Crippen molar-refractivity contribution in [3.8, 4) is 22.3 Å². The van der Waals surface area contributed by atoms with Crippen LogP contribution in [-0.2, 0) is 85.1 Å². The molecule has 95 heavy (non-hydrogen) atoms. The lowest BCUT2D eigenvalue weighted by atomic mass is 9.98. The summed E-state index contributed by atoms with van der Waals surface area (Å²) in [6.07, 6.45) is -20.1. The molecule has 2 aliphatic rings. The molecule has 0 fully saturated rings. The zero-order chi connectivity index (χ0) is 93.7. The third-order valence-corrected chi connectivity index (χ3v) is 16.3. The number of rotatable bonds is 26. The predicted molar refractivity (Wildman–Crippen MR) is 358 cm³/mol. The Labute approximate surface area is 598 Å². The van der Waals surface area contributed by atoms with Crippen molar-refractivity contribution in [2.45, 2.75) is 133 Å². The van der Waals surface area contributed by atoms with Crippen molar-refractivity contribution >= 4 is 35.3 Å². The van der Waals surface area contributed by atoms with Crippen LogP contribution >= 0.6 is 23.5 Å². The highest BCUT2D eigenvalue weighted by molar-refractivity contribution is 7.98. The first-order valence-electron chi connectivity index (χ1n) is 43.7. The summed E-state index contributed by atoms with van der Waals surface area (Å²) in [4.78, 5) is 66.6. The van der Waals surface area contributed by atoms with Gasteiger partial charge in [-0.05, 0) is 164 Å². The summed E-state index contributed by atoms with van der Waals surface area (Å²) in [6.45, 7) is -16.7. The van der Waals surface area contributed by atoms with Gasteiger partial charge in [0.15, 0.2) is 10.3 Å². The van der Waals surface area contributed by atoms with Crippen LogP contribution in [0.15, 0.2) is 159 Å². The van der Waals surface area contributed by atoms with Crippen LogP contribution in [0.1, 0.15) is 142 Å². The Kier molecular flexibility index (Phi) is 14.4. The molecular formula is C73H78F8N8O4S2. The molecule has 0 radical (unpaired) electrons. The third-order valence-electron chi connectivity index (χ3n) is 14.3. The van der Waals surface area contributed by atoms with Gasteiger partial charge in [0.2, 0.25) is 11.8 Å². The van der Waals surface area contributed by atoms with Crippen molar-refractivity contribution in [3.05, 3.63) is 233 Å². The number of fused-ring (bicyclic) bond motifs is 2. The van der Waals surface area contributed by atoms with E-state index in [1.54, 1.807) is 13.8 Å². The molecule has 0 spiro atoms. The van der Waals surface area contributed by atoms with Gasteiger partial charge in [-0.15, -0.1) is 0 Å². The van der Waals surface area contributed by atoms with E-state index in [0.29, 0.717) is 46.0 Å². The number of aromatic nitrogens is 4. The third kappa shape index (κ3) is 19.0. The van der Waals surface area contributed by atoms with Gasteiger partial charge in [0.05, 0.1) is 37.2 Å². The van der Waals surface area contributed by atoms with Gasteiger partial charge in [-0.2, -0.15) is 36.3 Å². The number of alkyl halides is 6. The molecule has 2 aromatic heterocycles. The Morgan fingerprint density at radius 2 is 1.04 bits per heavy atom. The van der Waals surface area contributed by atoms with Gasteiger partial charge in [-0.1, -0.05) is 148 Å². The largest absolute Gasteiger partial charge is 0.416 e. The molecule has 2 amide bonds. The Bertz CT molecular complexity index is 5520. The van der Waals surface area contributed by atoms with Crippen molar-refractivity contribution in [2.24, 2.45) is 0 Å². The quantitative estimate of drug-likeness (QED) is 0.0295. The number of likely N-dealkylation sites (N-methyl/N-ethyl adjacent to an activating group) is 2. The first-order chi connectivity index (χ1) is 56.9. The molecule has 22 heteroatoms. The first-order valence-corrected chi connectivity index (χ1v) is 31.2. The van der Waals surface area contributed by atoms with Crippen LogP contribution < -0.4 is 11.1 Å². The second kappa shape index (κ2) is 32.7. The van der Waals surface area contributed by atoms with E-state index in [9.17, 15) is 57.7 Å². The smallest absolute Gasteiger partial charge is 0.336 e. The van der Waals surface area contributed by atoms with E-state index in [1.807, 2.05) is 0 Å². The number of halogens is 8. The lowest BCUT2D eigenvalue weighted by Gasteiger charge is -2.28. The standard InChI is InChI=1S/C37H40F4N4O2S.C36H38F4N4O2S/c1-4-43(5-2)19-20-44(22-26-9-13-28(14-10-26)29-15-18-32(25(3)21-29)37(39,40)41)34(46)23-45-33-8-6-7-31(33)35(47)42-36(45)48-24-27-11-16-30(38)17-12-27;1-3-42(4-2)20-21-43(22-25-8-12-27(13-9-25)28-14-16-29(17-15-28)36(38,39)40)33(45)23-44-32-7-5-6-31(32)34(46)41-35(44)47-24-26-10-18-30(37)19-11-26/h9-18,21H,4-8,19-20,22-24H2,1-3H3;8-19H,3-7,20-24H2,1-2H3/i6D2,7D2,8D2,9D,10D,13D,14D,15D,18D,19D2,20D2,21D,23D2;10D,11D,18D,19D,20D2,21D2,23D2. The van der Waals surface area contributed by atoms with E-state index in [4.69, 9.17) is 31.5 Å². The molecule has 0 atom stereocenters. The van der Waals surface area contributed by atoms with E-state index >= 15 is 4.79 Å². The minimum atomic E-state index is -5.23. The molecule has 502 valence electrons. The molecule has 0 saturated carbocycles. The summed E-state index contributed by atoms with van der Waals surface area (Å²) in [7, 11) is 0. The molecule has 0 saturated heterocycles. The van der Waals surface area contributed by atoms with E-state index in [2.05, 4.69) is 9.97 Å². The highest BCUT2D eigenvalue weighted by Gasteiger charge is 2.33. The van der Waals surface area contributed by atoms with Crippen molar-refractivity contribution in [1.29, 1.82) is 0 Å². The molecule has 2 aliphatic carbocycles. The van der Waals surface area contributed by atoms with Gasteiger partial charge in [0, 0.05) is 86.8 Å². The van der Waals surface area contributed by atoms with Crippen LogP contribution in [0, 0.1) is 18.6 Å². The van der Waals surface area contributed by atoms with Crippen molar-refractivity contribution in [2.75, 3.05) is 52.2 Å². The SMILES string of the molecule is [2H]c1c([2H])c(-c2c([2H])c([2H])c(C(F)(F)F)c(C)c2[2H])c([2H])c([2H])c1CN(C(=O)C([2H])([2H])n1c(SCc2ccc(F)cc2)nc(=O)c2c1C([2H])([2H])C([2H])([2H])C2([2H])[2H])C([2H])([2H])C([2H])([2H])N(CC)CC.[2H]c1c([2H])c(CSc2nc(=O)c3c(n2C([2H])([2H])C(=O)N(Cc2ccc(-c4ccc(C(F)(F)F)cc4)cc2)C([2H])([2H])C([2H])([2H])N(CC)CC)CCC3)c([2H])c([2H])c1F. The van der Waals surface area contributed by atoms with Gasteiger partial charge >= 0.3 is 12.4 Å². The van der Waals surface area contributed by atoms with Crippen LogP contribution in [0.5, 0.6) is 0 Å². The average molecular weight is 1380 g/mol. The number of amides is 2. The minimum Gasteiger partial charge on any atom is -0.336 e. The van der Waals surface area contributed by atoms with E-state index in [-0.39, 0.29) is 82.2 Å². The zero-order valence-corrected chi connectivity index (χ0v) is 52.9. The number of thioether (sulfide) groups is 2. The number of benzene rings is 6. The molecule has 10 rings (SSSR count). The highest BCUT2D eigenvalue weighted by Crippen LogP contribution is 2.36. The molecule has 6 aromatic carbocycles. The lowest BCUT2D eigenvalue weighted by molar-refractivity contribution is -0.138.